The highest BCUT2D eigenvalue weighted by atomic mass is 16.7. The molecule has 0 aliphatic heterocycles. The maximum atomic E-state index is 12.9. The predicted octanol–water partition coefficient (Wildman–Crippen LogP) is 21.0. The molecule has 0 fully saturated rings. The van der Waals surface area contributed by atoms with Crippen molar-refractivity contribution in [2.24, 2.45) is 0 Å². The van der Waals surface area contributed by atoms with Gasteiger partial charge in [0.2, 0.25) is 0 Å². The highest BCUT2D eigenvalue weighted by Gasteiger charge is 2.22. The van der Waals surface area contributed by atoms with Gasteiger partial charge in [-0.15, -0.1) is 0 Å². The van der Waals surface area contributed by atoms with Crippen LogP contribution < -0.4 is 5.11 Å². The zero-order valence-corrected chi connectivity index (χ0v) is 55.8. The van der Waals surface area contributed by atoms with Gasteiger partial charge >= 0.3 is 11.9 Å². The van der Waals surface area contributed by atoms with Gasteiger partial charge in [0, 0.05) is 12.8 Å². The second-order valence-corrected chi connectivity index (χ2v) is 25.9. The van der Waals surface area contributed by atoms with Crippen LogP contribution in [0, 0.1) is 0 Å². The first-order valence-electron chi connectivity index (χ1n) is 36.1. The topological polar surface area (TPSA) is 111 Å². The third-order valence-electron chi connectivity index (χ3n) is 16.4. The van der Waals surface area contributed by atoms with Gasteiger partial charge in [-0.25, -0.2) is 0 Å². The molecule has 83 heavy (non-hydrogen) atoms. The Balaban J connectivity index is 4.06. The van der Waals surface area contributed by atoms with Crippen molar-refractivity contribution in [3.05, 3.63) is 36.5 Å². The van der Waals surface area contributed by atoms with E-state index in [9.17, 15) is 19.5 Å². The molecular weight excluding hydrogens is 1030 g/mol. The number of hydrogen-bond acceptors (Lipinski definition) is 8. The zero-order chi connectivity index (χ0) is 60.5. The SMILES string of the molecule is CCCCCCC/C=C\C/C=C\C/C=C\CCCCCCCCCCCCCCCCCCC(=O)OC(COC(=O)CCCCCCCCCCCCCCCCCCCCCCCCCCCCC)COC(OCC[N+](C)(C)C)C(=O)[O-]. The molecule has 0 heterocycles. The lowest BCUT2D eigenvalue weighted by Gasteiger charge is -2.26. The summed E-state index contributed by atoms with van der Waals surface area (Å²) in [6.45, 7) is 4.81. The number of ether oxygens (including phenoxy) is 4. The van der Waals surface area contributed by atoms with Crippen molar-refractivity contribution in [2.75, 3.05) is 47.5 Å². The van der Waals surface area contributed by atoms with Crippen LogP contribution in [-0.4, -0.2) is 82.3 Å². The normalized spacial score (nSPS) is 12.8. The Morgan fingerprint density at radius 1 is 0.361 bits per heavy atom. The molecule has 0 aliphatic carbocycles. The summed E-state index contributed by atoms with van der Waals surface area (Å²) >= 11 is 0. The summed E-state index contributed by atoms with van der Waals surface area (Å²) in [7, 11) is 5.94. The molecule has 9 heteroatoms. The van der Waals surface area contributed by atoms with Crippen LogP contribution in [0.25, 0.3) is 0 Å². The first-order valence-corrected chi connectivity index (χ1v) is 36.1. The van der Waals surface area contributed by atoms with Crippen LogP contribution in [0.5, 0.6) is 0 Å². The highest BCUT2D eigenvalue weighted by molar-refractivity contribution is 5.70. The second kappa shape index (κ2) is 65.5. The molecule has 0 bridgehead atoms. The van der Waals surface area contributed by atoms with Crippen LogP contribution in [0.1, 0.15) is 361 Å². The van der Waals surface area contributed by atoms with Gasteiger partial charge in [0.25, 0.3) is 0 Å². The van der Waals surface area contributed by atoms with E-state index in [1.165, 1.54) is 283 Å². The summed E-state index contributed by atoms with van der Waals surface area (Å²) in [6, 6.07) is 0. The Morgan fingerprint density at radius 2 is 0.651 bits per heavy atom. The van der Waals surface area contributed by atoms with E-state index >= 15 is 0 Å². The molecule has 0 amide bonds. The van der Waals surface area contributed by atoms with E-state index in [-0.39, 0.29) is 32.2 Å². The molecular formula is C74H139NO8. The highest BCUT2D eigenvalue weighted by Crippen LogP contribution is 2.19. The van der Waals surface area contributed by atoms with Gasteiger partial charge in [-0.1, -0.05) is 333 Å². The molecule has 0 N–H and O–H groups in total. The monoisotopic (exact) mass is 1170 g/mol. The summed E-state index contributed by atoms with van der Waals surface area (Å²) in [5, 5.41) is 11.8. The van der Waals surface area contributed by atoms with Crippen LogP contribution in [0.2, 0.25) is 0 Å². The van der Waals surface area contributed by atoms with Crippen molar-refractivity contribution < 1.29 is 42.9 Å². The molecule has 2 atom stereocenters. The van der Waals surface area contributed by atoms with Gasteiger partial charge < -0.3 is 33.3 Å². The molecule has 2 unspecified atom stereocenters. The first kappa shape index (κ1) is 80.5. The van der Waals surface area contributed by atoms with Crippen molar-refractivity contribution in [1.29, 1.82) is 0 Å². The maximum Gasteiger partial charge on any atom is 0.306 e. The number of carbonyl (C=O) groups excluding carboxylic acids is 3. The third kappa shape index (κ3) is 66.9. The minimum atomic E-state index is -1.62. The minimum absolute atomic E-state index is 0.150. The number of quaternary nitrogens is 1. The lowest BCUT2D eigenvalue weighted by Crippen LogP contribution is -2.44. The molecule has 0 radical (unpaired) electrons. The Labute approximate surface area is 515 Å². The van der Waals surface area contributed by atoms with Crippen molar-refractivity contribution >= 4 is 17.9 Å². The Kier molecular flexibility index (Phi) is 63.5. The molecule has 488 valence electrons. The third-order valence-corrected chi connectivity index (χ3v) is 16.4. The van der Waals surface area contributed by atoms with Crippen molar-refractivity contribution in [3.8, 4) is 0 Å². The van der Waals surface area contributed by atoms with Crippen LogP contribution in [-0.2, 0) is 33.3 Å². The van der Waals surface area contributed by atoms with Crippen LogP contribution in [0.4, 0.5) is 0 Å². The Hall–Kier alpha value is -2.49. The van der Waals surface area contributed by atoms with Gasteiger partial charge in [0.1, 0.15) is 13.2 Å². The van der Waals surface area contributed by atoms with E-state index in [2.05, 4.69) is 50.3 Å². The van der Waals surface area contributed by atoms with Crippen LogP contribution >= 0.6 is 0 Å². The van der Waals surface area contributed by atoms with Gasteiger partial charge in [-0.05, 0) is 51.4 Å². The van der Waals surface area contributed by atoms with Crippen LogP contribution in [0.3, 0.4) is 0 Å². The number of carbonyl (C=O) groups is 3. The molecule has 9 nitrogen and oxygen atoms in total. The zero-order valence-electron chi connectivity index (χ0n) is 55.8. The summed E-state index contributed by atoms with van der Waals surface area (Å²) in [5.41, 5.74) is 0. The predicted molar refractivity (Wildman–Crippen MR) is 353 cm³/mol. The van der Waals surface area contributed by atoms with Crippen molar-refractivity contribution in [2.45, 2.75) is 373 Å². The fourth-order valence-corrected chi connectivity index (χ4v) is 10.8. The number of rotatable bonds is 68. The minimum Gasteiger partial charge on any atom is -0.545 e. The number of aliphatic carboxylic acids is 1. The number of nitrogens with zero attached hydrogens (tertiary/aromatic N) is 1. The number of esters is 2. The van der Waals surface area contributed by atoms with E-state index in [0.29, 0.717) is 23.9 Å². The number of carboxylic acids is 1. The molecule has 0 saturated heterocycles. The lowest BCUT2D eigenvalue weighted by atomic mass is 10.0. The summed E-state index contributed by atoms with van der Waals surface area (Å²) in [6.07, 6.45) is 79.5. The quantitative estimate of drug-likeness (QED) is 0.0195. The van der Waals surface area contributed by atoms with Gasteiger partial charge in [0.05, 0.1) is 40.3 Å². The fraction of sp³-hybridized carbons (Fsp3) is 0.878. The van der Waals surface area contributed by atoms with E-state index < -0.39 is 24.3 Å². The smallest absolute Gasteiger partial charge is 0.306 e. The molecule has 0 aromatic rings. The molecule has 0 saturated carbocycles. The van der Waals surface area contributed by atoms with Gasteiger partial charge in [-0.3, -0.25) is 9.59 Å². The number of hydrogen-bond donors (Lipinski definition) is 0. The van der Waals surface area contributed by atoms with E-state index in [1.54, 1.807) is 0 Å². The summed E-state index contributed by atoms with van der Waals surface area (Å²) in [4.78, 5) is 37.5. The van der Waals surface area contributed by atoms with E-state index in [1.807, 2.05) is 21.1 Å². The average Bonchev–Trinajstić information content (AvgIpc) is 3.46. The van der Waals surface area contributed by atoms with Gasteiger partial charge in [0.15, 0.2) is 12.4 Å². The maximum absolute atomic E-state index is 12.9. The van der Waals surface area contributed by atoms with E-state index in [4.69, 9.17) is 18.9 Å². The number of carboxylic acid groups (broad SMARTS) is 1. The Bertz CT molecular complexity index is 1450. The standard InChI is InChI=1S/C74H139NO8/c1-6-8-10-12-14-16-18-20-22-24-26-28-30-32-34-35-36-37-39-41-43-45-47-49-51-53-55-57-59-61-63-65-72(77)83-70(69-82-74(73(78)79)80-67-66-75(3,4)5)68-81-71(76)64-62-60-58-56-54-52-50-48-46-44-42-40-38-33-31-29-27-25-23-21-19-17-15-13-11-9-7-2/h18,20,24,26,30,32,70,74H,6-17,19,21-23,25,27-29,31,33-69H2,1-5H3/b20-18-,26-24-,32-30-. The van der Waals surface area contributed by atoms with Gasteiger partial charge in [-0.2, -0.15) is 0 Å². The number of likely N-dealkylation sites (N-methyl/N-ethyl adjacent to an activating group) is 1. The number of unbranched alkanes of at least 4 members (excludes halogenated alkanes) is 47. The fourth-order valence-electron chi connectivity index (χ4n) is 10.8. The van der Waals surface area contributed by atoms with Crippen molar-refractivity contribution in [3.63, 3.8) is 0 Å². The summed E-state index contributed by atoms with van der Waals surface area (Å²) in [5.74, 6) is -2.25. The molecule has 0 aromatic carbocycles. The molecule has 0 aromatic heterocycles. The second-order valence-electron chi connectivity index (χ2n) is 25.9. The average molecular weight is 1170 g/mol. The summed E-state index contributed by atoms with van der Waals surface area (Å²) < 4.78 is 22.8. The Morgan fingerprint density at radius 3 is 0.964 bits per heavy atom. The lowest BCUT2D eigenvalue weighted by molar-refractivity contribution is -0.870. The largest absolute Gasteiger partial charge is 0.545 e. The molecule has 0 spiro atoms. The number of allylic oxidation sites excluding steroid dienone is 6. The van der Waals surface area contributed by atoms with E-state index in [0.717, 1.165) is 44.9 Å². The van der Waals surface area contributed by atoms with Crippen molar-refractivity contribution in [1.82, 2.24) is 0 Å². The first-order chi connectivity index (χ1) is 40.6. The van der Waals surface area contributed by atoms with Crippen LogP contribution in [0.15, 0.2) is 36.5 Å². The molecule has 0 rings (SSSR count). The molecule has 0 aliphatic rings.